The van der Waals surface area contributed by atoms with E-state index in [2.05, 4.69) is 17.0 Å². The Hall–Kier alpha value is -1.06. The van der Waals surface area contributed by atoms with Gasteiger partial charge in [-0.05, 0) is 42.9 Å². The van der Waals surface area contributed by atoms with Gasteiger partial charge in [-0.3, -0.25) is 0 Å². The van der Waals surface area contributed by atoms with Gasteiger partial charge >= 0.3 is 0 Å². The van der Waals surface area contributed by atoms with E-state index in [0.717, 1.165) is 24.7 Å². The van der Waals surface area contributed by atoms with Gasteiger partial charge in [0.25, 0.3) is 0 Å². The van der Waals surface area contributed by atoms with Crippen molar-refractivity contribution in [3.8, 4) is 5.75 Å². The Bertz CT molecular complexity index is 310. The molecule has 0 aliphatic heterocycles. The molecule has 2 rings (SSSR count). The summed E-state index contributed by atoms with van der Waals surface area (Å²) >= 11 is 0. The van der Waals surface area contributed by atoms with E-state index in [0.29, 0.717) is 6.61 Å². The molecule has 0 heterocycles. The zero-order valence-electron chi connectivity index (χ0n) is 8.82. The summed E-state index contributed by atoms with van der Waals surface area (Å²) in [6, 6.07) is 8.12. The summed E-state index contributed by atoms with van der Waals surface area (Å²) in [6.07, 6.45) is 3.47. The number of benzene rings is 1. The highest BCUT2D eigenvalue weighted by Crippen LogP contribution is 2.29. The largest absolute Gasteiger partial charge is 0.493 e. The fraction of sp³-hybridized carbons (Fsp3) is 0.500. The molecule has 1 aliphatic carbocycles. The average molecular weight is 207 g/mol. The predicted octanol–water partition coefficient (Wildman–Crippen LogP) is 1.91. The van der Waals surface area contributed by atoms with Crippen LogP contribution in [0.3, 0.4) is 0 Å². The summed E-state index contributed by atoms with van der Waals surface area (Å²) in [7, 11) is 0. The zero-order chi connectivity index (χ0) is 10.5. The van der Waals surface area contributed by atoms with Gasteiger partial charge in [0.05, 0.1) is 13.2 Å². The van der Waals surface area contributed by atoms with E-state index in [1.54, 1.807) is 0 Å². The normalized spacial score (nSPS) is 15.3. The van der Waals surface area contributed by atoms with Gasteiger partial charge in [-0.25, -0.2) is 5.90 Å². The van der Waals surface area contributed by atoms with Crippen LogP contribution in [-0.4, -0.2) is 13.2 Å². The minimum absolute atomic E-state index is 0.548. The fourth-order valence-corrected chi connectivity index (χ4v) is 1.47. The molecule has 1 saturated carbocycles. The third kappa shape index (κ3) is 3.53. The number of ether oxygens (including phenoxy) is 1. The summed E-state index contributed by atoms with van der Waals surface area (Å²) in [6.45, 7) is 1.41. The minimum atomic E-state index is 0.548. The van der Waals surface area contributed by atoms with Crippen molar-refractivity contribution in [1.82, 2.24) is 0 Å². The van der Waals surface area contributed by atoms with Crippen LogP contribution in [0.4, 0.5) is 0 Å². The smallest absolute Gasteiger partial charge is 0.119 e. The summed E-state index contributed by atoms with van der Waals surface area (Å²) in [4.78, 5) is 4.55. The number of hydrogen-bond acceptors (Lipinski definition) is 3. The minimum Gasteiger partial charge on any atom is -0.493 e. The van der Waals surface area contributed by atoms with E-state index >= 15 is 0 Å². The van der Waals surface area contributed by atoms with Crippen LogP contribution in [0.1, 0.15) is 18.4 Å². The molecule has 0 atom stereocenters. The van der Waals surface area contributed by atoms with E-state index in [9.17, 15) is 0 Å². The van der Waals surface area contributed by atoms with Crippen LogP contribution < -0.4 is 10.6 Å². The van der Waals surface area contributed by atoms with Crippen LogP contribution in [0.5, 0.6) is 5.75 Å². The first-order chi connectivity index (χ1) is 7.38. The molecule has 15 heavy (non-hydrogen) atoms. The van der Waals surface area contributed by atoms with E-state index in [-0.39, 0.29) is 0 Å². The first kappa shape index (κ1) is 10.5. The summed E-state index contributed by atoms with van der Waals surface area (Å²) in [5, 5.41) is 0. The fourth-order valence-electron chi connectivity index (χ4n) is 1.47. The van der Waals surface area contributed by atoms with Crippen molar-refractivity contribution < 1.29 is 9.57 Å². The molecule has 1 fully saturated rings. The molecule has 0 aromatic heterocycles. The summed E-state index contributed by atoms with van der Waals surface area (Å²) in [5.41, 5.74) is 1.20. The highest BCUT2D eigenvalue weighted by atomic mass is 16.6. The van der Waals surface area contributed by atoms with E-state index in [1.165, 1.54) is 18.4 Å². The SMILES string of the molecule is NOCCc1cccc(OCC2CC2)c1. The Morgan fingerprint density at radius 3 is 2.93 bits per heavy atom. The molecule has 3 heteroatoms. The van der Waals surface area contributed by atoms with Crippen molar-refractivity contribution in [2.24, 2.45) is 11.8 Å². The Morgan fingerprint density at radius 1 is 1.33 bits per heavy atom. The Morgan fingerprint density at radius 2 is 2.20 bits per heavy atom. The van der Waals surface area contributed by atoms with Gasteiger partial charge in [0, 0.05) is 0 Å². The molecule has 0 amide bonds. The van der Waals surface area contributed by atoms with Gasteiger partial charge in [0.15, 0.2) is 0 Å². The van der Waals surface area contributed by atoms with E-state index in [1.807, 2.05) is 12.1 Å². The molecule has 82 valence electrons. The molecule has 0 bridgehead atoms. The summed E-state index contributed by atoms with van der Waals surface area (Å²) in [5.74, 6) is 6.74. The van der Waals surface area contributed by atoms with Crippen molar-refractivity contribution in [2.75, 3.05) is 13.2 Å². The maximum Gasteiger partial charge on any atom is 0.119 e. The molecule has 1 aliphatic rings. The van der Waals surface area contributed by atoms with Gasteiger partial charge in [-0.15, -0.1) is 0 Å². The number of hydrogen-bond donors (Lipinski definition) is 1. The van der Waals surface area contributed by atoms with Crippen molar-refractivity contribution in [3.05, 3.63) is 29.8 Å². The van der Waals surface area contributed by atoms with Gasteiger partial charge in [-0.1, -0.05) is 12.1 Å². The van der Waals surface area contributed by atoms with Crippen LogP contribution in [0.2, 0.25) is 0 Å². The van der Waals surface area contributed by atoms with Crippen LogP contribution in [0.25, 0.3) is 0 Å². The highest BCUT2D eigenvalue weighted by Gasteiger charge is 2.21. The lowest BCUT2D eigenvalue weighted by Gasteiger charge is -2.06. The topological polar surface area (TPSA) is 44.5 Å². The van der Waals surface area contributed by atoms with Crippen molar-refractivity contribution in [3.63, 3.8) is 0 Å². The molecule has 0 radical (unpaired) electrons. The van der Waals surface area contributed by atoms with Crippen LogP contribution >= 0.6 is 0 Å². The highest BCUT2D eigenvalue weighted by molar-refractivity contribution is 5.28. The van der Waals surface area contributed by atoms with E-state index < -0.39 is 0 Å². The van der Waals surface area contributed by atoms with Gasteiger partial charge in [0.1, 0.15) is 5.75 Å². The third-order valence-corrected chi connectivity index (χ3v) is 2.59. The van der Waals surface area contributed by atoms with Gasteiger partial charge in [0.2, 0.25) is 0 Å². The molecular weight excluding hydrogens is 190 g/mol. The maximum absolute atomic E-state index is 5.68. The zero-order valence-corrected chi connectivity index (χ0v) is 8.82. The molecule has 1 aromatic carbocycles. The average Bonchev–Trinajstić information content (AvgIpc) is 3.08. The first-order valence-corrected chi connectivity index (χ1v) is 5.42. The molecular formula is C12H17NO2. The van der Waals surface area contributed by atoms with Crippen LogP contribution in [0, 0.1) is 5.92 Å². The molecule has 0 spiro atoms. The number of nitrogens with two attached hydrogens (primary N) is 1. The second-order valence-corrected chi connectivity index (χ2v) is 4.02. The third-order valence-electron chi connectivity index (χ3n) is 2.59. The number of rotatable bonds is 6. The molecule has 2 N–H and O–H groups in total. The Balaban J connectivity index is 1.85. The molecule has 0 saturated heterocycles. The lowest BCUT2D eigenvalue weighted by molar-refractivity contribution is 0.141. The van der Waals surface area contributed by atoms with Crippen molar-refractivity contribution in [1.29, 1.82) is 0 Å². The molecule has 0 unspecified atom stereocenters. The Labute approximate surface area is 90.1 Å². The Kier molecular flexibility index (Phi) is 3.59. The maximum atomic E-state index is 5.68. The lowest BCUT2D eigenvalue weighted by atomic mass is 10.1. The second kappa shape index (κ2) is 5.14. The second-order valence-electron chi connectivity index (χ2n) is 4.02. The molecule has 1 aromatic rings. The van der Waals surface area contributed by atoms with Crippen molar-refractivity contribution >= 4 is 0 Å². The van der Waals surface area contributed by atoms with Gasteiger partial charge < -0.3 is 9.57 Å². The summed E-state index contributed by atoms with van der Waals surface area (Å²) < 4.78 is 5.68. The van der Waals surface area contributed by atoms with Gasteiger partial charge in [-0.2, -0.15) is 0 Å². The first-order valence-electron chi connectivity index (χ1n) is 5.42. The van der Waals surface area contributed by atoms with Crippen LogP contribution in [0.15, 0.2) is 24.3 Å². The molecule has 3 nitrogen and oxygen atoms in total. The van der Waals surface area contributed by atoms with Crippen molar-refractivity contribution in [2.45, 2.75) is 19.3 Å². The monoisotopic (exact) mass is 207 g/mol. The van der Waals surface area contributed by atoms with E-state index in [4.69, 9.17) is 10.6 Å². The standard InChI is InChI=1S/C12H17NO2/c13-15-7-6-10-2-1-3-12(8-10)14-9-11-4-5-11/h1-3,8,11H,4-7,9,13H2. The predicted molar refractivity (Wildman–Crippen MR) is 58.5 cm³/mol. The van der Waals surface area contributed by atoms with Crippen LogP contribution in [-0.2, 0) is 11.3 Å². The lowest BCUT2D eigenvalue weighted by Crippen LogP contribution is -2.04. The quantitative estimate of drug-likeness (QED) is 0.725.